The van der Waals surface area contributed by atoms with Crippen LogP contribution in [-0.4, -0.2) is 16.1 Å². The Hall–Kier alpha value is -3.08. The fraction of sp³-hybridized carbons (Fsp3) is 0. The van der Waals surface area contributed by atoms with Gasteiger partial charge in [-0.2, -0.15) is 0 Å². The number of anilines is 3. The summed E-state index contributed by atoms with van der Waals surface area (Å²) in [5, 5.41) is 14.3. The van der Waals surface area contributed by atoms with Crippen molar-refractivity contribution in [3.8, 4) is 0 Å². The van der Waals surface area contributed by atoms with E-state index in [4.69, 9.17) is 5.73 Å². The predicted molar refractivity (Wildman–Crippen MR) is 82.8 cm³/mol. The largest absolute Gasteiger partial charge is 0.478 e. The van der Waals surface area contributed by atoms with Crippen molar-refractivity contribution < 1.29 is 9.90 Å². The molecule has 0 unspecified atom stereocenters. The molecule has 0 aliphatic heterocycles. The first kappa shape index (κ1) is 12.9. The Kier molecular flexibility index (Phi) is 3.16. The van der Waals surface area contributed by atoms with Gasteiger partial charge in [0.1, 0.15) is 0 Å². The number of hydrogen-bond donors (Lipinski definition) is 3. The maximum absolute atomic E-state index is 11.3. The summed E-state index contributed by atoms with van der Waals surface area (Å²) < 4.78 is 0. The van der Waals surface area contributed by atoms with Crippen molar-refractivity contribution in [3.05, 3.63) is 60.4 Å². The van der Waals surface area contributed by atoms with Crippen LogP contribution in [0, 0.1) is 0 Å². The van der Waals surface area contributed by atoms with Crippen LogP contribution < -0.4 is 11.1 Å². The second kappa shape index (κ2) is 5.13. The number of para-hydroxylation sites is 1. The number of nitrogens with two attached hydrogens (primary N) is 1. The molecule has 0 saturated carbocycles. The van der Waals surface area contributed by atoms with Gasteiger partial charge in [0.2, 0.25) is 0 Å². The van der Waals surface area contributed by atoms with Crippen molar-refractivity contribution in [2.45, 2.75) is 0 Å². The predicted octanol–water partition coefficient (Wildman–Crippen LogP) is 3.26. The smallest absolute Gasteiger partial charge is 0.337 e. The fourth-order valence-corrected chi connectivity index (χ4v) is 2.25. The minimum atomic E-state index is -1.02. The summed E-state index contributed by atoms with van der Waals surface area (Å²) in [5.74, 6) is -1.02. The van der Waals surface area contributed by atoms with E-state index in [1.54, 1.807) is 24.5 Å². The first-order valence-electron chi connectivity index (χ1n) is 6.38. The highest BCUT2D eigenvalue weighted by atomic mass is 16.4. The second-order valence-corrected chi connectivity index (χ2v) is 4.60. The number of carboxylic acid groups (broad SMARTS) is 1. The molecule has 0 radical (unpaired) electrons. The molecular weight excluding hydrogens is 266 g/mol. The van der Waals surface area contributed by atoms with Crippen molar-refractivity contribution in [2.75, 3.05) is 11.1 Å². The Morgan fingerprint density at radius 1 is 1.14 bits per heavy atom. The van der Waals surface area contributed by atoms with Gasteiger partial charge >= 0.3 is 5.97 Å². The molecule has 5 heteroatoms. The molecule has 0 amide bonds. The minimum absolute atomic E-state index is 0.140. The van der Waals surface area contributed by atoms with E-state index >= 15 is 0 Å². The Balaban J connectivity index is 2.13. The Morgan fingerprint density at radius 3 is 2.76 bits per heavy atom. The van der Waals surface area contributed by atoms with E-state index in [0.717, 1.165) is 16.5 Å². The molecule has 0 atom stereocenters. The topological polar surface area (TPSA) is 88.2 Å². The third kappa shape index (κ3) is 2.36. The number of fused-ring (bicyclic) bond motifs is 1. The Morgan fingerprint density at radius 2 is 1.95 bits per heavy atom. The van der Waals surface area contributed by atoms with Crippen molar-refractivity contribution in [1.82, 2.24) is 4.98 Å². The van der Waals surface area contributed by atoms with Crippen LogP contribution in [0.4, 0.5) is 17.1 Å². The van der Waals surface area contributed by atoms with Crippen LogP contribution in [0.3, 0.4) is 0 Å². The van der Waals surface area contributed by atoms with Crippen LogP contribution in [0.25, 0.3) is 10.8 Å². The molecule has 0 spiro atoms. The number of aromatic carboxylic acids is 1. The van der Waals surface area contributed by atoms with Crippen LogP contribution in [0.2, 0.25) is 0 Å². The lowest BCUT2D eigenvalue weighted by Crippen LogP contribution is -2.05. The molecule has 0 fully saturated rings. The first-order valence-corrected chi connectivity index (χ1v) is 6.38. The minimum Gasteiger partial charge on any atom is -0.478 e. The van der Waals surface area contributed by atoms with Crippen LogP contribution in [0.1, 0.15) is 10.4 Å². The second-order valence-electron chi connectivity index (χ2n) is 4.60. The number of pyridine rings is 1. The van der Waals surface area contributed by atoms with E-state index in [1.807, 2.05) is 24.3 Å². The quantitative estimate of drug-likeness (QED) is 0.640. The molecule has 1 heterocycles. The summed E-state index contributed by atoms with van der Waals surface area (Å²) in [5.41, 5.74) is 7.63. The summed E-state index contributed by atoms with van der Waals surface area (Å²) in [6.07, 6.45) is 3.45. The molecule has 3 rings (SSSR count). The zero-order chi connectivity index (χ0) is 14.8. The van der Waals surface area contributed by atoms with Gasteiger partial charge in [-0.1, -0.05) is 18.2 Å². The lowest BCUT2D eigenvalue weighted by molar-refractivity contribution is 0.0698. The van der Waals surface area contributed by atoms with E-state index in [2.05, 4.69) is 10.3 Å². The Labute approximate surface area is 121 Å². The first-order chi connectivity index (χ1) is 10.2. The van der Waals surface area contributed by atoms with Gasteiger partial charge in [-0.15, -0.1) is 0 Å². The van der Waals surface area contributed by atoms with Crippen molar-refractivity contribution in [1.29, 1.82) is 0 Å². The monoisotopic (exact) mass is 279 g/mol. The molecule has 0 aliphatic carbocycles. The zero-order valence-corrected chi connectivity index (χ0v) is 11.1. The molecule has 3 aromatic rings. The molecule has 0 bridgehead atoms. The van der Waals surface area contributed by atoms with Crippen molar-refractivity contribution in [2.24, 2.45) is 0 Å². The highest BCUT2D eigenvalue weighted by molar-refractivity contribution is 6.02. The molecular formula is C16H13N3O2. The summed E-state index contributed by atoms with van der Waals surface area (Å²) in [6.45, 7) is 0. The number of carbonyl (C=O) groups is 1. The van der Waals surface area contributed by atoms with Gasteiger partial charge in [0.05, 0.1) is 16.9 Å². The molecule has 1 aromatic heterocycles. The summed E-state index contributed by atoms with van der Waals surface area (Å²) >= 11 is 0. The fourth-order valence-electron chi connectivity index (χ4n) is 2.25. The van der Waals surface area contributed by atoms with Gasteiger partial charge in [0.15, 0.2) is 0 Å². The zero-order valence-electron chi connectivity index (χ0n) is 11.1. The molecule has 5 nitrogen and oxygen atoms in total. The number of nitrogens with zero attached hydrogens (tertiary/aromatic N) is 1. The van der Waals surface area contributed by atoms with Gasteiger partial charge in [-0.3, -0.25) is 4.98 Å². The number of hydrogen-bond acceptors (Lipinski definition) is 4. The van der Waals surface area contributed by atoms with E-state index in [1.165, 1.54) is 6.07 Å². The maximum Gasteiger partial charge on any atom is 0.337 e. The number of aromatic nitrogens is 1. The summed E-state index contributed by atoms with van der Waals surface area (Å²) in [4.78, 5) is 15.4. The molecule has 0 saturated heterocycles. The number of benzene rings is 2. The van der Waals surface area contributed by atoms with Crippen LogP contribution in [0.15, 0.2) is 54.9 Å². The molecule has 21 heavy (non-hydrogen) atoms. The highest BCUT2D eigenvalue weighted by Crippen LogP contribution is 2.31. The standard InChI is InChI=1S/C16H13N3O2/c17-13-5-2-4-12(16(20)21)15(13)19-14-6-1-3-10-9-18-8-7-11(10)14/h1-9,19H,17H2,(H,20,21). The van der Waals surface area contributed by atoms with Gasteiger partial charge < -0.3 is 16.2 Å². The van der Waals surface area contributed by atoms with E-state index in [-0.39, 0.29) is 5.56 Å². The van der Waals surface area contributed by atoms with E-state index < -0.39 is 5.97 Å². The Bertz CT molecular complexity index is 825. The van der Waals surface area contributed by atoms with Gasteiger partial charge in [-0.25, -0.2) is 4.79 Å². The third-order valence-corrected chi connectivity index (χ3v) is 3.27. The summed E-state index contributed by atoms with van der Waals surface area (Å²) in [7, 11) is 0. The lowest BCUT2D eigenvalue weighted by atomic mass is 10.1. The van der Waals surface area contributed by atoms with Crippen LogP contribution in [-0.2, 0) is 0 Å². The van der Waals surface area contributed by atoms with Gasteiger partial charge in [-0.05, 0) is 24.3 Å². The number of nitrogen functional groups attached to an aromatic ring is 1. The van der Waals surface area contributed by atoms with Gasteiger partial charge in [0.25, 0.3) is 0 Å². The number of nitrogens with one attached hydrogen (secondary N) is 1. The highest BCUT2D eigenvalue weighted by Gasteiger charge is 2.13. The normalized spacial score (nSPS) is 10.5. The third-order valence-electron chi connectivity index (χ3n) is 3.27. The van der Waals surface area contributed by atoms with E-state index in [0.29, 0.717) is 11.4 Å². The lowest BCUT2D eigenvalue weighted by Gasteiger charge is -2.14. The number of carboxylic acids is 1. The number of rotatable bonds is 3. The molecule has 4 N–H and O–H groups in total. The molecule has 104 valence electrons. The summed E-state index contributed by atoms with van der Waals surface area (Å²) in [6, 6.07) is 12.4. The molecule has 2 aromatic carbocycles. The average Bonchev–Trinajstić information content (AvgIpc) is 2.49. The maximum atomic E-state index is 11.3. The van der Waals surface area contributed by atoms with Crippen molar-refractivity contribution >= 4 is 33.8 Å². The SMILES string of the molecule is Nc1cccc(C(=O)O)c1Nc1cccc2cnccc12. The van der Waals surface area contributed by atoms with E-state index in [9.17, 15) is 9.90 Å². The molecule has 0 aliphatic rings. The van der Waals surface area contributed by atoms with Gasteiger partial charge in [0, 0.05) is 28.9 Å². The van der Waals surface area contributed by atoms with Crippen molar-refractivity contribution in [3.63, 3.8) is 0 Å². The van der Waals surface area contributed by atoms with Crippen LogP contribution >= 0.6 is 0 Å². The average molecular weight is 279 g/mol. The van der Waals surface area contributed by atoms with Crippen LogP contribution in [0.5, 0.6) is 0 Å².